The van der Waals surface area contributed by atoms with Crippen molar-refractivity contribution in [2.24, 2.45) is 0 Å². The van der Waals surface area contributed by atoms with Crippen molar-refractivity contribution in [3.05, 3.63) is 40.9 Å². The minimum Gasteiger partial charge on any atom is -0.465 e. The highest BCUT2D eigenvalue weighted by Crippen LogP contribution is 2.22. The molecule has 0 bridgehead atoms. The van der Waals surface area contributed by atoms with E-state index >= 15 is 0 Å². The van der Waals surface area contributed by atoms with Gasteiger partial charge in [-0.05, 0) is 37.6 Å². The molecule has 7 heteroatoms. The lowest BCUT2D eigenvalue weighted by atomic mass is 10.2. The van der Waals surface area contributed by atoms with Gasteiger partial charge in [-0.1, -0.05) is 22.0 Å². The Hall–Kier alpha value is -1.18. The predicted octanol–water partition coefficient (Wildman–Crippen LogP) is 2.50. The number of sulfonamides is 1. The fraction of sp³-hybridized carbons (Fsp3) is 0.357. The van der Waals surface area contributed by atoms with Gasteiger partial charge in [0.1, 0.15) is 6.54 Å². The maximum absolute atomic E-state index is 12.6. The van der Waals surface area contributed by atoms with Crippen molar-refractivity contribution in [3.63, 3.8) is 0 Å². The van der Waals surface area contributed by atoms with E-state index in [0.717, 1.165) is 14.3 Å². The third-order valence-electron chi connectivity index (χ3n) is 2.71. The summed E-state index contributed by atoms with van der Waals surface area (Å²) >= 11 is 3.33. The smallest absolute Gasteiger partial charge is 0.321 e. The van der Waals surface area contributed by atoms with E-state index in [9.17, 15) is 13.2 Å². The van der Waals surface area contributed by atoms with Gasteiger partial charge in [0.15, 0.2) is 0 Å². The molecule has 0 aliphatic heterocycles. The summed E-state index contributed by atoms with van der Waals surface area (Å²) in [5.41, 5.74) is 0.797. The maximum Gasteiger partial charge on any atom is 0.321 e. The zero-order valence-corrected chi connectivity index (χ0v) is 14.4. The molecular formula is C14H18BrNO4S. The number of nitrogens with zero attached hydrogens (tertiary/aromatic N) is 1. The fourth-order valence-corrected chi connectivity index (χ4v) is 3.36. The summed E-state index contributed by atoms with van der Waals surface area (Å²) in [6, 6.07) is 4.72. The number of hydrogen-bond donors (Lipinski definition) is 0. The van der Waals surface area contributed by atoms with Gasteiger partial charge in [0.05, 0.1) is 11.5 Å². The van der Waals surface area contributed by atoms with Gasteiger partial charge in [-0.3, -0.25) is 4.79 Å². The number of halogens is 1. The van der Waals surface area contributed by atoms with Crippen LogP contribution in [0.1, 0.15) is 12.5 Å². The first-order valence-corrected chi connectivity index (χ1v) is 8.59. The molecule has 0 aliphatic carbocycles. The molecule has 21 heavy (non-hydrogen) atoms. The van der Waals surface area contributed by atoms with E-state index < -0.39 is 16.0 Å². The van der Waals surface area contributed by atoms with Gasteiger partial charge in [0, 0.05) is 11.0 Å². The Morgan fingerprint density at radius 3 is 2.67 bits per heavy atom. The topological polar surface area (TPSA) is 63.7 Å². The quantitative estimate of drug-likeness (QED) is 0.542. The van der Waals surface area contributed by atoms with E-state index in [1.54, 1.807) is 26.0 Å². The first-order valence-electron chi connectivity index (χ1n) is 6.35. The molecule has 0 amide bonds. The summed E-state index contributed by atoms with van der Waals surface area (Å²) in [7, 11) is -3.78. The zero-order chi connectivity index (χ0) is 16.0. The highest BCUT2D eigenvalue weighted by molar-refractivity contribution is 9.10. The second kappa shape index (κ2) is 7.72. The molecule has 1 aromatic carbocycles. The minimum atomic E-state index is -3.78. The van der Waals surface area contributed by atoms with Crippen LogP contribution in [0.25, 0.3) is 0 Å². The van der Waals surface area contributed by atoms with Crippen LogP contribution in [0.3, 0.4) is 0 Å². The molecule has 0 aromatic heterocycles. The molecule has 0 heterocycles. The SMILES string of the molecule is C=CCN(CC(=O)OCC)S(=O)(=O)c1ccc(Br)c(C)c1. The lowest BCUT2D eigenvalue weighted by Crippen LogP contribution is -2.36. The molecule has 0 saturated carbocycles. The lowest BCUT2D eigenvalue weighted by Gasteiger charge is -2.20. The Kier molecular flexibility index (Phi) is 6.57. The monoisotopic (exact) mass is 375 g/mol. The number of hydrogen-bond acceptors (Lipinski definition) is 4. The molecule has 0 spiro atoms. The van der Waals surface area contributed by atoms with Crippen LogP contribution in [0.2, 0.25) is 0 Å². The molecule has 0 N–H and O–H groups in total. The Balaban J connectivity index is 3.11. The molecule has 0 aliphatic rings. The number of rotatable bonds is 7. The zero-order valence-electron chi connectivity index (χ0n) is 12.0. The van der Waals surface area contributed by atoms with Gasteiger partial charge < -0.3 is 4.74 Å². The van der Waals surface area contributed by atoms with Crippen molar-refractivity contribution in [2.75, 3.05) is 19.7 Å². The van der Waals surface area contributed by atoms with E-state index in [1.165, 1.54) is 12.1 Å². The summed E-state index contributed by atoms with van der Waals surface area (Å²) in [5.74, 6) is -0.586. The average molecular weight is 376 g/mol. The number of esters is 1. The normalized spacial score (nSPS) is 11.4. The second-order valence-corrected chi connectivity index (χ2v) is 7.09. The van der Waals surface area contributed by atoms with Gasteiger partial charge >= 0.3 is 5.97 Å². The molecule has 0 radical (unpaired) electrons. The highest BCUT2D eigenvalue weighted by Gasteiger charge is 2.26. The number of carbonyl (C=O) groups is 1. The molecule has 0 unspecified atom stereocenters. The molecule has 0 saturated heterocycles. The van der Waals surface area contributed by atoms with Crippen LogP contribution < -0.4 is 0 Å². The predicted molar refractivity (Wildman–Crippen MR) is 84.5 cm³/mol. The van der Waals surface area contributed by atoms with Crippen molar-refractivity contribution in [2.45, 2.75) is 18.7 Å². The van der Waals surface area contributed by atoms with E-state index in [2.05, 4.69) is 22.5 Å². The summed E-state index contributed by atoms with van der Waals surface area (Å²) in [5, 5.41) is 0. The molecule has 5 nitrogen and oxygen atoms in total. The Morgan fingerprint density at radius 1 is 1.48 bits per heavy atom. The van der Waals surface area contributed by atoms with E-state index in [1.807, 2.05) is 0 Å². The van der Waals surface area contributed by atoms with Gasteiger partial charge in [-0.2, -0.15) is 4.31 Å². The first kappa shape index (κ1) is 17.9. The standard InChI is InChI=1S/C14H18BrNO4S/c1-4-8-16(10-14(17)20-5-2)21(18,19)12-6-7-13(15)11(3)9-12/h4,6-7,9H,1,5,8,10H2,2-3H3. The van der Waals surface area contributed by atoms with Crippen molar-refractivity contribution in [1.29, 1.82) is 0 Å². The molecule has 0 atom stereocenters. The highest BCUT2D eigenvalue weighted by atomic mass is 79.9. The third kappa shape index (κ3) is 4.66. The van der Waals surface area contributed by atoms with Gasteiger partial charge in [-0.15, -0.1) is 6.58 Å². The van der Waals surface area contributed by atoms with Crippen molar-refractivity contribution in [1.82, 2.24) is 4.31 Å². The van der Waals surface area contributed by atoms with Crippen molar-refractivity contribution >= 4 is 31.9 Å². The Bertz CT molecular complexity index is 628. The second-order valence-electron chi connectivity index (χ2n) is 4.30. The Morgan fingerprint density at radius 2 is 2.14 bits per heavy atom. The number of carbonyl (C=O) groups excluding carboxylic acids is 1. The van der Waals surface area contributed by atoms with Crippen LogP contribution in [-0.2, 0) is 19.6 Å². The van der Waals surface area contributed by atoms with Crippen LogP contribution in [0.4, 0.5) is 0 Å². The van der Waals surface area contributed by atoms with Crippen LogP contribution in [0, 0.1) is 6.92 Å². The molecule has 116 valence electrons. The molecule has 1 aromatic rings. The van der Waals surface area contributed by atoms with Crippen molar-refractivity contribution in [3.8, 4) is 0 Å². The number of ether oxygens (including phenoxy) is 1. The van der Waals surface area contributed by atoms with E-state index in [-0.39, 0.29) is 24.6 Å². The maximum atomic E-state index is 12.6. The van der Waals surface area contributed by atoms with Crippen LogP contribution in [0.5, 0.6) is 0 Å². The molecular weight excluding hydrogens is 358 g/mol. The minimum absolute atomic E-state index is 0.0380. The van der Waals surface area contributed by atoms with Gasteiger partial charge in [-0.25, -0.2) is 8.42 Å². The Labute approximate surface area is 133 Å². The summed E-state index contributed by atoms with van der Waals surface area (Å²) in [6.07, 6.45) is 1.43. The van der Waals surface area contributed by atoms with Crippen LogP contribution in [-0.4, -0.2) is 38.4 Å². The average Bonchev–Trinajstić information content (AvgIpc) is 2.41. The van der Waals surface area contributed by atoms with Crippen LogP contribution >= 0.6 is 15.9 Å². The van der Waals surface area contributed by atoms with Gasteiger partial charge in [0.2, 0.25) is 10.0 Å². The third-order valence-corrected chi connectivity index (χ3v) is 5.41. The molecule has 0 fully saturated rings. The van der Waals surface area contributed by atoms with Crippen molar-refractivity contribution < 1.29 is 17.9 Å². The molecule has 1 rings (SSSR count). The van der Waals surface area contributed by atoms with Crippen LogP contribution in [0.15, 0.2) is 40.2 Å². The summed E-state index contributed by atoms with van der Waals surface area (Å²) < 4.78 is 31.8. The summed E-state index contributed by atoms with van der Waals surface area (Å²) in [6.45, 7) is 6.90. The lowest BCUT2D eigenvalue weighted by molar-refractivity contribution is -0.143. The van der Waals surface area contributed by atoms with E-state index in [0.29, 0.717) is 0 Å². The fourth-order valence-electron chi connectivity index (χ4n) is 1.67. The number of aryl methyl sites for hydroxylation is 1. The van der Waals surface area contributed by atoms with Gasteiger partial charge in [0.25, 0.3) is 0 Å². The number of benzene rings is 1. The largest absolute Gasteiger partial charge is 0.465 e. The first-order chi connectivity index (χ1) is 9.82. The van der Waals surface area contributed by atoms with E-state index in [4.69, 9.17) is 4.74 Å². The summed E-state index contributed by atoms with van der Waals surface area (Å²) in [4.78, 5) is 11.7.